The third-order valence-electron chi connectivity index (χ3n) is 3.51. The Kier molecular flexibility index (Phi) is 4.02. The van der Waals surface area contributed by atoms with Gasteiger partial charge < -0.3 is 15.1 Å². The lowest BCUT2D eigenvalue weighted by atomic mass is 10.2. The van der Waals surface area contributed by atoms with Crippen LogP contribution in [0.4, 0.5) is 6.01 Å². The molecule has 2 heterocycles. The molecule has 1 atom stereocenters. The van der Waals surface area contributed by atoms with E-state index in [1.54, 1.807) is 6.26 Å². The van der Waals surface area contributed by atoms with Crippen molar-refractivity contribution < 1.29 is 4.42 Å². The summed E-state index contributed by atoms with van der Waals surface area (Å²) in [5.41, 5.74) is 6.36. The minimum atomic E-state index is 0.441. The van der Waals surface area contributed by atoms with Gasteiger partial charge in [0.05, 0.1) is 5.69 Å². The fourth-order valence-electron chi connectivity index (χ4n) is 2.49. The Balaban J connectivity index is 1.97. The largest absolute Gasteiger partial charge is 0.432 e. The van der Waals surface area contributed by atoms with E-state index in [0.717, 1.165) is 37.9 Å². The molecule has 1 aromatic rings. The molecule has 17 heavy (non-hydrogen) atoms. The van der Waals surface area contributed by atoms with Crippen LogP contribution < -0.4 is 10.6 Å². The number of nitrogens with two attached hydrogens (primary N) is 1. The second-order valence-electron chi connectivity index (χ2n) is 4.44. The molecule has 2 rings (SSSR count). The second-order valence-corrected chi connectivity index (χ2v) is 4.44. The molecule has 0 saturated carbocycles. The predicted molar refractivity (Wildman–Crippen MR) is 67.9 cm³/mol. The van der Waals surface area contributed by atoms with E-state index >= 15 is 0 Å². The first-order valence-corrected chi connectivity index (χ1v) is 6.41. The Morgan fingerprint density at radius 2 is 2.29 bits per heavy atom. The number of anilines is 1. The zero-order valence-corrected chi connectivity index (χ0v) is 10.7. The van der Waals surface area contributed by atoms with E-state index in [1.165, 1.54) is 6.42 Å². The van der Waals surface area contributed by atoms with Gasteiger partial charge in [0.15, 0.2) is 0 Å². The van der Waals surface area contributed by atoms with E-state index in [4.69, 9.17) is 10.2 Å². The fourth-order valence-corrected chi connectivity index (χ4v) is 2.49. The summed E-state index contributed by atoms with van der Waals surface area (Å²) in [4.78, 5) is 9.08. The highest BCUT2D eigenvalue weighted by Crippen LogP contribution is 2.22. The minimum Gasteiger partial charge on any atom is -0.432 e. The van der Waals surface area contributed by atoms with Gasteiger partial charge in [0.2, 0.25) is 0 Å². The Hall–Kier alpha value is -1.07. The highest BCUT2D eigenvalue weighted by atomic mass is 16.4. The van der Waals surface area contributed by atoms with Crippen LogP contribution in [0.5, 0.6) is 0 Å². The van der Waals surface area contributed by atoms with Crippen LogP contribution in [0.2, 0.25) is 0 Å². The number of rotatable bonds is 5. The zero-order chi connectivity index (χ0) is 12.3. The van der Waals surface area contributed by atoms with E-state index in [2.05, 4.69) is 28.6 Å². The van der Waals surface area contributed by atoms with Crippen LogP contribution in [-0.2, 0) is 6.54 Å². The first-order chi connectivity index (χ1) is 8.28. The molecule has 0 aromatic carbocycles. The average molecular weight is 238 g/mol. The van der Waals surface area contributed by atoms with Crippen molar-refractivity contribution in [2.75, 3.05) is 31.1 Å². The van der Waals surface area contributed by atoms with Crippen LogP contribution >= 0.6 is 0 Å². The molecular formula is C12H22N4O. The van der Waals surface area contributed by atoms with Crippen molar-refractivity contribution in [3.63, 3.8) is 0 Å². The average Bonchev–Trinajstić information content (AvgIpc) is 2.98. The maximum Gasteiger partial charge on any atom is 0.297 e. The number of nitrogens with zero attached hydrogens (tertiary/aromatic N) is 3. The van der Waals surface area contributed by atoms with Gasteiger partial charge in [-0.2, -0.15) is 4.98 Å². The summed E-state index contributed by atoms with van der Waals surface area (Å²) in [6.07, 6.45) is 2.84. The monoisotopic (exact) mass is 238 g/mol. The molecule has 0 amide bonds. The van der Waals surface area contributed by atoms with Crippen LogP contribution in [-0.4, -0.2) is 42.1 Å². The van der Waals surface area contributed by atoms with Gasteiger partial charge in [-0.3, -0.25) is 4.90 Å². The third-order valence-corrected chi connectivity index (χ3v) is 3.51. The molecule has 0 aliphatic carbocycles. The van der Waals surface area contributed by atoms with E-state index in [-0.39, 0.29) is 0 Å². The molecule has 1 fully saturated rings. The summed E-state index contributed by atoms with van der Waals surface area (Å²) < 4.78 is 5.45. The van der Waals surface area contributed by atoms with Crippen LogP contribution in [0.15, 0.2) is 10.7 Å². The van der Waals surface area contributed by atoms with E-state index in [9.17, 15) is 0 Å². The summed E-state index contributed by atoms with van der Waals surface area (Å²) in [6, 6.07) is 1.35. The highest BCUT2D eigenvalue weighted by molar-refractivity contribution is 5.29. The van der Waals surface area contributed by atoms with Crippen molar-refractivity contribution in [3.8, 4) is 0 Å². The van der Waals surface area contributed by atoms with E-state index in [1.807, 2.05) is 0 Å². The Bertz CT molecular complexity index is 348. The van der Waals surface area contributed by atoms with Gasteiger partial charge in [0.1, 0.15) is 6.26 Å². The van der Waals surface area contributed by atoms with Crippen LogP contribution in [0.1, 0.15) is 26.0 Å². The first-order valence-electron chi connectivity index (χ1n) is 6.41. The van der Waals surface area contributed by atoms with Gasteiger partial charge in [-0.1, -0.05) is 13.8 Å². The molecule has 0 spiro atoms. The fraction of sp³-hybridized carbons (Fsp3) is 0.750. The number of hydrogen-bond donors (Lipinski definition) is 1. The van der Waals surface area contributed by atoms with Crippen molar-refractivity contribution in [2.24, 2.45) is 5.73 Å². The highest BCUT2D eigenvalue weighted by Gasteiger charge is 2.28. The first kappa shape index (κ1) is 12.4. The number of aromatic nitrogens is 1. The molecule has 1 aliphatic heterocycles. The third kappa shape index (κ3) is 2.61. The van der Waals surface area contributed by atoms with Gasteiger partial charge in [-0.05, 0) is 19.5 Å². The van der Waals surface area contributed by atoms with Crippen molar-refractivity contribution in [1.29, 1.82) is 0 Å². The van der Waals surface area contributed by atoms with Crippen molar-refractivity contribution in [2.45, 2.75) is 32.9 Å². The van der Waals surface area contributed by atoms with Crippen molar-refractivity contribution in [1.82, 2.24) is 9.88 Å². The molecule has 1 aliphatic rings. The molecular weight excluding hydrogens is 216 g/mol. The van der Waals surface area contributed by atoms with Crippen molar-refractivity contribution in [3.05, 3.63) is 12.0 Å². The van der Waals surface area contributed by atoms with Gasteiger partial charge in [-0.15, -0.1) is 0 Å². The van der Waals surface area contributed by atoms with Crippen LogP contribution in [0, 0.1) is 0 Å². The van der Waals surface area contributed by atoms with Gasteiger partial charge in [0, 0.05) is 25.7 Å². The molecule has 1 aromatic heterocycles. The molecule has 0 bridgehead atoms. The molecule has 5 heteroatoms. The summed E-state index contributed by atoms with van der Waals surface area (Å²) >= 11 is 0. The smallest absolute Gasteiger partial charge is 0.297 e. The molecule has 1 saturated heterocycles. The lowest BCUT2D eigenvalue weighted by Crippen LogP contribution is -2.37. The normalized spacial score (nSPS) is 20.5. The quantitative estimate of drug-likeness (QED) is 0.831. The molecule has 96 valence electrons. The van der Waals surface area contributed by atoms with Gasteiger partial charge in [0.25, 0.3) is 6.01 Å². The Morgan fingerprint density at radius 3 is 2.88 bits per heavy atom. The topological polar surface area (TPSA) is 58.5 Å². The predicted octanol–water partition coefficient (Wildman–Crippen LogP) is 1.05. The second kappa shape index (κ2) is 5.51. The summed E-state index contributed by atoms with van der Waals surface area (Å²) in [5, 5.41) is 0. The molecule has 2 N–H and O–H groups in total. The maximum atomic E-state index is 5.53. The lowest BCUT2D eigenvalue weighted by Gasteiger charge is -2.25. The number of hydrogen-bond acceptors (Lipinski definition) is 5. The molecule has 5 nitrogen and oxygen atoms in total. The Labute approximate surface area is 103 Å². The number of oxazole rings is 1. The lowest BCUT2D eigenvalue weighted by molar-refractivity contribution is 0.232. The summed E-state index contributed by atoms with van der Waals surface area (Å²) in [5.74, 6) is 0. The SMILES string of the molecule is CCN(CC)C1CCN(c2nc(CN)co2)C1. The summed E-state index contributed by atoms with van der Waals surface area (Å²) in [7, 11) is 0. The van der Waals surface area contributed by atoms with Crippen molar-refractivity contribution >= 4 is 6.01 Å². The van der Waals surface area contributed by atoms with Gasteiger partial charge >= 0.3 is 0 Å². The van der Waals surface area contributed by atoms with E-state index in [0.29, 0.717) is 12.6 Å². The molecule has 0 radical (unpaired) electrons. The van der Waals surface area contributed by atoms with Gasteiger partial charge in [-0.25, -0.2) is 0 Å². The van der Waals surface area contributed by atoms with Crippen LogP contribution in [0.3, 0.4) is 0 Å². The maximum absolute atomic E-state index is 5.53. The number of likely N-dealkylation sites (N-methyl/N-ethyl adjacent to an activating group) is 1. The zero-order valence-electron chi connectivity index (χ0n) is 10.7. The minimum absolute atomic E-state index is 0.441. The summed E-state index contributed by atoms with van der Waals surface area (Å²) in [6.45, 7) is 9.10. The van der Waals surface area contributed by atoms with E-state index < -0.39 is 0 Å². The molecule has 1 unspecified atom stereocenters. The Morgan fingerprint density at radius 1 is 1.53 bits per heavy atom. The van der Waals surface area contributed by atoms with Crippen LogP contribution in [0.25, 0.3) is 0 Å². The standard InChI is InChI=1S/C12H22N4O/c1-3-15(4-2)11-5-6-16(8-11)12-14-10(7-13)9-17-12/h9,11H,3-8,13H2,1-2H3.